The largest absolute Gasteiger partial charge is 0.456 e. The fraction of sp³-hybridized carbons (Fsp3) is 0.769. The van der Waals surface area contributed by atoms with Crippen molar-refractivity contribution in [1.29, 1.82) is 0 Å². The van der Waals surface area contributed by atoms with E-state index in [-0.39, 0.29) is 11.6 Å². The molecular weight excluding hydrogens is 188 g/mol. The van der Waals surface area contributed by atoms with E-state index in [0.29, 0.717) is 5.57 Å². The molecule has 0 radical (unpaired) electrons. The zero-order chi connectivity index (χ0) is 11.5. The van der Waals surface area contributed by atoms with Crippen LogP contribution in [0.25, 0.3) is 0 Å². The van der Waals surface area contributed by atoms with E-state index in [1.165, 1.54) is 12.8 Å². The number of carbonyl (C=O) groups is 1. The number of ether oxygens (including phenoxy) is 1. The first-order valence-electron chi connectivity index (χ1n) is 6.00. The molecule has 2 fully saturated rings. The fourth-order valence-electron chi connectivity index (χ4n) is 2.57. The zero-order valence-corrected chi connectivity index (χ0v) is 10.1. The van der Waals surface area contributed by atoms with E-state index in [0.717, 1.165) is 25.2 Å². The van der Waals surface area contributed by atoms with Crippen molar-refractivity contribution in [1.82, 2.24) is 0 Å². The number of hydrogen-bond acceptors (Lipinski definition) is 2. The number of fused-ring (bicyclic) bond motifs is 2. The molecule has 0 unspecified atom stereocenters. The Kier molecular flexibility index (Phi) is 3.95. The number of carbonyl (C=O) groups excluding carboxylic acids is 1. The molecule has 2 bridgehead atoms. The van der Waals surface area contributed by atoms with Crippen LogP contribution in [0.1, 0.15) is 52.9 Å². The highest BCUT2D eigenvalue weighted by Crippen LogP contribution is 2.50. The van der Waals surface area contributed by atoms with Crippen LogP contribution in [0, 0.1) is 5.92 Å². The third-order valence-electron chi connectivity index (χ3n) is 3.33. The van der Waals surface area contributed by atoms with Crippen molar-refractivity contribution >= 4 is 5.97 Å². The molecule has 2 heteroatoms. The van der Waals surface area contributed by atoms with Gasteiger partial charge in [-0.1, -0.05) is 20.4 Å². The van der Waals surface area contributed by atoms with Crippen LogP contribution in [0.2, 0.25) is 0 Å². The van der Waals surface area contributed by atoms with Crippen LogP contribution in [-0.4, -0.2) is 11.6 Å². The summed E-state index contributed by atoms with van der Waals surface area (Å²) in [7, 11) is 0. The predicted octanol–water partition coefficient (Wildman–Crippen LogP) is 3.46. The molecule has 2 aliphatic rings. The molecule has 0 aliphatic heterocycles. The smallest absolute Gasteiger partial charge is 0.333 e. The van der Waals surface area contributed by atoms with Crippen LogP contribution in [0.15, 0.2) is 12.2 Å². The Morgan fingerprint density at radius 3 is 2.20 bits per heavy atom. The molecule has 15 heavy (non-hydrogen) atoms. The van der Waals surface area contributed by atoms with Crippen LogP contribution in [-0.2, 0) is 9.53 Å². The standard InChI is InChI=1S/C11H16O2.C2H6/c1-8(2)10(12)13-11-5-3-9(7-11)4-6-11;1-2/h9H,1,3-7H2,2H3;1-2H3. The summed E-state index contributed by atoms with van der Waals surface area (Å²) in [5.74, 6) is 0.612. The Morgan fingerprint density at radius 1 is 1.33 bits per heavy atom. The number of rotatable bonds is 2. The van der Waals surface area contributed by atoms with Gasteiger partial charge in [0.05, 0.1) is 0 Å². The van der Waals surface area contributed by atoms with E-state index in [2.05, 4.69) is 6.58 Å². The summed E-state index contributed by atoms with van der Waals surface area (Å²) in [4.78, 5) is 11.4. The highest BCUT2D eigenvalue weighted by molar-refractivity contribution is 5.87. The summed E-state index contributed by atoms with van der Waals surface area (Å²) in [6.45, 7) is 9.31. The minimum absolute atomic E-state index is 0.0965. The molecule has 2 saturated carbocycles. The third kappa shape index (κ3) is 2.61. The second kappa shape index (κ2) is 4.82. The molecule has 0 saturated heterocycles. The first kappa shape index (κ1) is 12.3. The van der Waals surface area contributed by atoms with E-state index in [4.69, 9.17) is 4.74 Å². The Morgan fingerprint density at radius 2 is 1.87 bits per heavy atom. The van der Waals surface area contributed by atoms with Gasteiger partial charge in [0.1, 0.15) is 5.60 Å². The summed E-state index contributed by atoms with van der Waals surface area (Å²) in [5, 5.41) is 0. The lowest BCUT2D eigenvalue weighted by Gasteiger charge is -2.26. The first-order valence-corrected chi connectivity index (χ1v) is 6.00. The summed E-state index contributed by atoms with van der Waals surface area (Å²) in [6, 6.07) is 0. The van der Waals surface area contributed by atoms with E-state index in [9.17, 15) is 4.79 Å². The van der Waals surface area contributed by atoms with Crippen molar-refractivity contribution < 1.29 is 9.53 Å². The molecule has 0 aromatic heterocycles. The lowest BCUT2D eigenvalue weighted by atomic mass is 9.97. The zero-order valence-electron chi connectivity index (χ0n) is 10.1. The van der Waals surface area contributed by atoms with Gasteiger partial charge < -0.3 is 4.74 Å². The van der Waals surface area contributed by atoms with Gasteiger partial charge in [-0.3, -0.25) is 0 Å². The summed E-state index contributed by atoms with van der Waals surface area (Å²) in [5.41, 5.74) is 0.422. The molecule has 2 nitrogen and oxygen atoms in total. The predicted molar refractivity (Wildman–Crippen MR) is 61.6 cm³/mol. The van der Waals surface area contributed by atoms with E-state index in [1.54, 1.807) is 6.92 Å². The lowest BCUT2D eigenvalue weighted by molar-refractivity contribution is -0.153. The van der Waals surface area contributed by atoms with E-state index < -0.39 is 0 Å². The maximum absolute atomic E-state index is 11.4. The van der Waals surface area contributed by atoms with E-state index in [1.807, 2.05) is 13.8 Å². The Balaban J connectivity index is 0.000000531. The van der Waals surface area contributed by atoms with Gasteiger partial charge in [0, 0.05) is 5.57 Å². The Hall–Kier alpha value is -0.790. The number of esters is 1. The molecule has 0 aromatic rings. The average Bonchev–Trinajstić information content (AvgIpc) is 2.80. The van der Waals surface area contributed by atoms with Crippen molar-refractivity contribution in [3.63, 3.8) is 0 Å². The highest BCUT2D eigenvalue weighted by Gasteiger charge is 2.47. The molecule has 0 amide bonds. The van der Waals surface area contributed by atoms with Crippen molar-refractivity contribution in [3.05, 3.63) is 12.2 Å². The van der Waals surface area contributed by atoms with Crippen molar-refractivity contribution in [3.8, 4) is 0 Å². The van der Waals surface area contributed by atoms with Gasteiger partial charge >= 0.3 is 5.97 Å². The van der Waals surface area contributed by atoms with E-state index >= 15 is 0 Å². The summed E-state index contributed by atoms with van der Waals surface area (Å²) < 4.78 is 5.51. The molecule has 0 spiro atoms. The van der Waals surface area contributed by atoms with Gasteiger partial charge in [0.2, 0.25) is 0 Å². The second-order valence-electron chi connectivity index (χ2n) is 4.50. The Bertz CT molecular complexity index is 247. The summed E-state index contributed by atoms with van der Waals surface area (Å²) in [6.07, 6.45) is 5.70. The van der Waals surface area contributed by atoms with Gasteiger partial charge in [-0.15, -0.1) is 0 Å². The Labute approximate surface area is 92.7 Å². The van der Waals surface area contributed by atoms with Crippen LogP contribution >= 0.6 is 0 Å². The van der Waals surface area contributed by atoms with Gasteiger partial charge in [-0.25, -0.2) is 4.79 Å². The SMILES string of the molecule is C=C(C)C(=O)OC12CCC(CC1)C2.CC. The number of hydrogen-bond donors (Lipinski definition) is 0. The van der Waals surface area contributed by atoms with Gasteiger partial charge in [-0.2, -0.15) is 0 Å². The van der Waals surface area contributed by atoms with Crippen LogP contribution < -0.4 is 0 Å². The molecular formula is C13H22O2. The minimum atomic E-state index is -0.206. The average molecular weight is 210 g/mol. The highest BCUT2D eigenvalue weighted by atomic mass is 16.6. The summed E-state index contributed by atoms with van der Waals surface area (Å²) >= 11 is 0. The minimum Gasteiger partial charge on any atom is -0.456 e. The maximum Gasteiger partial charge on any atom is 0.333 e. The second-order valence-corrected chi connectivity index (χ2v) is 4.50. The molecule has 0 N–H and O–H groups in total. The van der Waals surface area contributed by atoms with Gasteiger partial charge in [0.15, 0.2) is 0 Å². The fourth-order valence-corrected chi connectivity index (χ4v) is 2.57. The normalized spacial score (nSPS) is 31.8. The molecule has 2 aliphatic carbocycles. The molecule has 0 atom stereocenters. The molecule has 2 rings (SSSR count). The monoisotopic (exact) mass is 210 g/mol. The van der Waals surface area contributed by atoms with Gasteiger partial charge in [-0.05, 0) is 44.9 Å². The molecule has 86 valence electrons. The van der Waals surface area contributed by atoms with Crippen LogP contribution in [0.5, 0.6) is 0 Å². The van der Waals surface area contributed by atoms with Crippen LogP contribution in [0.4, 0.5) is 0 Å². The van der Waals surface area contributed by atoms with Crippen molar-refractivity contribution in [2.24, 2.45) is 5.92 Å². The molecule has 0 heterocycles. The quantitative estimate of drug-likeness (QED) is 0.515. The van der Waals surface area contributed by atoms with Crippen LogP contribution in [0.3, 0.4) is 0 Å². The topological polar surface area (TPSA) is 26.3 Å². The molecule has 0 aromatic carbocycles. The maximum atomic E-state index is 11.4. The third-order valence-corrected chi connectivity index (χ3v) is 3.33. The van der Waals surface area contributed by atoms with Gasteiger partial charge in [0.25, 0.3) is 0 Å². The van der Waals surface area contributed by atoms with Crippen molar-refractivity contribution in [2.75, 3.05) is 0 Å². The van der Waals surface area contributed by atoms with Crippen molar-refractivity contribution in [2.45, 2.75) is 58.5 Å². The lowest BCUT2D eigenvalue weighted by Crippen LogP contribution is -2.30. The first-order chi connectivity index (χ1) is 7.11.